The molecule has 0 aliphatic carbocycles. The number of nitrogens with one attached hydrogen (secondary N) is 2. The smallest absolute Gasteiger partial charge is 0.225 e. The maximum atomic E-state index is 11.6. The summed E-state index contributed by atoms with van der Waals surface area (Å²) >= 11 is 0. The zero-order valence-electron chi connectivity index (χ0n) is 10.5. The SMILES string of the molecule is CNCCC(=O)Nc1ccc2c(c1)OCCCO2. The van der Waals surface area contributed by atoms with Crippen LogP contribution in [0.1, 0.15) is 12.8 Å². The van der Waals surface area contributed by atoms with Gasteiger partial charge >= 0.3 is 0 Å². The summed E-state index contributed by atoms with van der Waals surface area (Å²) in [7, 11) is 1.82. The predicted molar refractivity (Wildman–Crippen MR) is 69.2 cm³/mol. The number of fused-ring (bicyclic) bond motifs is 1. The Balaban J connectivity index is 2.01. The van der Waals surface area contributed by atoms with Gasteiger partial charge in [-0.3, -0.25) is 4.79 Å². The maximum Gasteiger partial charge on any atom is 0.225 e. The van der Waals surface area contributed by atoms with Crippen molar-refractivity contribution in [2.24, 2.45) is 0 Å². The summed E-state index contributed by atoms with van der Waals surface area (Å²) in [6, 6.07) is 5.46. The summed E-state index contributed by atoms with van der Waals surface area (Å²) in [5.74, 6) is 1.42. The minimum Gasteiger partial charge on any atom is -0.490 e. The van der Waals surface area contributed by atoms with Gasteiger partial charge in [0.05, 0.1) is 13.2 Å². The number of carbonyl (C=O) groups excluding carboxylic acids is 1. The standard InChI is InChI=1S/C13H18N2O3/c1-14-6-5-13(16)15-10-3-4-11-12(9-10)18-8-2-7-17-11/h3-4,9,14H,2,5-8H2,1H3,(H,15,16). The molecule has 1 heterocycles. The predicted octanol–water partition coefficient (Wildman–Crippen LogP) is 1.40. The third-order valence-electron chi connectivity index (χ3n) is 2.63. The molecule has 2 N–H and O–H groups in total. The fourth-order valence-corrected chi connectivity index (χ4v) is 1.70. The Labute approximate surface area is 106 Å². The summed E-state index contributed by atoms with van der Waals surface area (Å²) < 4.78 is 11.1. The van der Waals surface area contributed by atoms with Crippen molar-refractivity contribution in [3.8, 4) is 11.5 Å². The summed E-state index contributed by atoms with van der Waals surface area (Å²) in [4.78, 5) is 11.6. The van der Waals surface area contributed by atoms with Crippen LogP contribution in [0.4, 0.5) is 5.69 Å². The van der Waals surface area contributed by atoms with E-state index in [9.17, 15) is 4.79 Å². The second kappa shape index (κ2) is 6.26. The second-order valence-electron chi connectivity index (χ2n) is 4.11. The third kappa shape index (κ3) is 3.37. The molecule has 0 atom stereocenters. The summed E-state index contributed by atoms with van der Waals surface area (Å²) in [5.41, 5.74) is 0.736. The van der Waals surface area contributed by atoms with E-state index in [1.54, 1.807) is 6.07 Å². The summed E-state index contributed by atoms with van der Waals surface area (Å²) in [6.45, 7) is 1.97. The van der Waals surface area contributed by atoms with Crippen LogP contribution in [-0.4, -0.2) is 32.7 Å². The van der Waals surface area contributed by atoms with E-state index < -0.39 is 0 Å². The lowest BCUT2D eigenvalue weighted by atomic mass is 10.2. The molecule has 5 heteroatoms. The first kappa shape index (κ1) is 12.7. The molecule has 0 spiro atoms. The van der Waals surface area contributed by atoms with E-state index >= 15 is 0 Å². The van der Waals surface area contributed by atoms with Crippen LogP contribution in [0.5, 0.6) is 11.5 Å². The molecule has 0 bridgehead atoms. The van der Waals surface area contributed by atoms with Crippen LogP contribution in [0.3, 0.4) is 0 Å². The molecule has 0 fully saturated rings. The van der Waals surface area contributed by atoms with Crippen molar-refractivity contribution in [3.05, 3.63) is 18.2 Å². The van der Waals surface area contributed by atoms with Gasteiger partial charge in [0.2, 0.25) is 5.91 Å². The fourth-order valence-electron chi connectivity index (χ4n) is 1.70. The van der Waals surface area contributed by atoms with Crippen LogP contribution in [0.2, 0.25) is 0 Å². The highest BCUT2D eigenvalue weighted by Gasteiger charge is 2.11. The van der Waals surface area contributed by atoms with Gasteiger partial charge in [-0.25, -0.2) is 0 Å². The van der Waals surface area contributed by atoms with Crippen LogP contribution in [0.15, 0.2) is 18.2 Å². The Morgan fingerprint density at radius 3 is 2.83 bits per heavy atom. The number of amides is 1. The van der Waals surface area contributed by atoms with Gasteiger partial charge in [0.25, 0.3) is 0 Å². The Morgan fingerprint density at radius 2 is 2.06 bits per heavy atom. The molecule has 2 rings (SSSR count). The Morgan fingerprint density at radius 1 is 1.28 bits per heavy atom. The van der Waals surface area contributed by atoms with Crippen molar-refractivity contribution < 1.29 is 14.3 Å². The van der Waals surface area contributed by atoms with Gasteiger partial charge in [-0.05, 0) is 19.2 Å². The average molecular weight is 250 g/mol. The van der Waals surface area contributed by atoms with Crippen molar-refractivity contribution >= 4 is 11.6 Å². The highest BCUT2D eigenvalue weighted by atomic mass is 16.5. The van der Waals surface area contributed by atoms with Gasteiger partial charge in [-0.1, -0.05) is 0 Å². The van der Waals surface area contributed by atoms with E-state index in [-0.39, 0.29) is 5.91 Å². The molecule has 0 saturated carbocycles. The maximum absolute atomic E-state index is 11.6. The largest absolute Gasteiger partial charge is 0.490 e. The average Bonchev–Trinajstić information content (AvgIpc) is 2.61. The van der Waals surface area contributed by atoms with Crippen LogP contribution < -0.4 is 20.1 Å². The van der Waals surface area contributed by atoms with E-state index in [1.165, 1.54) is 0 Å². The lowest BCUT2D eigenvalue weighted by Gasteiger charge is -2.10. The molecule has 1 aromatic carbocycles. The van der Waals surface area contributed by atoms with Gasteiger partial charge in [0.1, 0.15) is 0 Å². The number of benzene rings is 1. The first-order valence-electron chi connectivity index (χ1n) is 6.13. The molecule has 0 unspecified atom stereocenters. The van der Waals surface area contributed by atoms with Gasteiger partial charge in [0, 0.05) is 31.1 Å². The second-order valence-corrected chi connectivity index (χ2v) is 4.11. The molecule has 0 saturated heterocycles. The molecule has 1 aromatic rings. The van der Waals surface area contributed by atoms with E-state index in [0.29, 0.717) is 31.9 Å². The Hall–Kier alpha value is -1.75. The van der Waals surface area contributed by atoms with E-state index in [1.807, 2.05) is 19.2 Å². The minimum absolute atomic E-state index is 0.0150. The van der Waals surface area contributed by atoms with Crippen LogP contribution in [0, 0.1) is 0 Å². The molecule has 0 radical (unpaired) electrons. The van der Waals surface area contributed by atoms with Crippen LogP contribution in [0.25, 0.3) is 0 Å². The summed E-state index contributed by atoms with van der Waals surface area (Å²) in [6.07, 6.45) is 1.32. The number of carbonyl (C=O) groups is 1. The number of anilines is 1. The lowest BCUT2D eigenvalue weighted by Crippen LogP contribution is -2.18. The van der Waals surface area contributed by atoms with Gasteiger partial charge in [-0.15, -0.1) is 0 Å². The van der Waals surface area contributed by atoms with E-state index in [2.05, 4.69) is 10.6 Å². The Kier molecular flexibility index (Phi) is 4.41. The normalized spacial score (nSPS) is 13.8. The fraction of sp³-hybridized carbons (Fsp3) is 0.462. The van der Waals surface area contributed by atoms with Crippen molar-refractivity contribution in [1.82, 2.24) is 5.32 Å². The van der Waals surface area contributed by atoms with E-state index in [0.717, 1.165) is 17.9 Å². The number of ether oxygens (including phenoxy) is 2. The van der Waals surface area contributed by atoms with Crippen molar-refractivity contribution in [2.75, 3.05) is 32.1 Å². The summed E-state index contributed by atoms with van der Waals surface area (Å²) in [5, 5.41) is 5.77. The molecular weight excluding hydrogens is 232 g/mol. The quantitative estimate of drug-likeness (QED) is 0.848. The molecule has 0 aromatic heterocycles. The zero-order valence-corrected chi connectivity index (χ0v) is 10.5. The van der Waals surface area contributed by atoms with Crippen molar-refractivity contribution in [2.45, 2.75) is 12.8 Å². The zero-order chi connectivity index (χ0) is 12.8. The Bertz CT molecular complexity index is 421. The van der Waals surface area contributed by atoms with Gasteiger partial charge < -0.3 is 20.1 Å². The molecule has 5 nitrogen and oxygen atoms in total. The molecule has 1 amide bonds. The molecule has 98 valence electrons. The van der Waals surface area contributed by atoms with Crippen LogP contribution >= 0.6 is 0 Å². The first-order chi connectivity index (χ1) is 8.79. The first-order valence-corrected chi connectivity index (χ1v) is 6.13. The van der Waals surface area contributed by atoms with Crippen molar-refractivity contribution in [1.29, 1.82) is 0 Å². The molecule has 18 heavy (non-hydrogen) atoms. The number of hydrogen-bond donors (Lipinski definition) is 2. The van der Waals surface area contributed by atoms with Crippen molar-refractivity contribution in [3.63, 3.8) is 0 Å². The highest BCUT2D eigenvalue weighted by Crippen LogP contribution is 2.32. The van der Waals surface area contributed by atoms with Gasteiger partial charge in [-0.2, -0.15) is 0 Å². The van der Waals surface area contributed by atoms with E-state index in [4.69, 9.17) is 9.47 Å². The minimum atomic E-state index is -0.0150. The number of hydrogen-bond acceptors (Lipinski definition) is 4. The molecular formula is C13H18N2O3. The van der Waals surface area contributed by atoms with Crippen LogP contribution in [-0.2, 0) is 4.79 Å². The lowest BCUT2D eigenvalue weighted by molar-refractivity contribution is -0.116. The third-order valence-corrected chi connectivity index (χ3v) is 2.63. The monoisotopic (exact) mass is 250 g/mol. The topological polar surface area (TPSA) is 59.6 Å². The number of rotatable bonds is 4. The highest BCUT2D eigenvalue weighted by molar-refractivity contribution is 5.91. The van der Waals surface area contributed by atoms with Gasteiger partial charge in [0.15, 0.2) is 11.5 Å². The molecule has 1 aliphatic rings. The molecule has 1 aliphatic heterocycles.